The van der Waals surface area contributed by atoms with Gasteiger partial charge in [0.15, 0.2) is 8.32 Å². The molecule has 1 aromatic rings. The van der Waals surface area contributed by atoms with E-state index in [0.29, 0.717) is 18.2 Å². The van der Waals surface area contributed by atoms with Gasteiger partial charge in [0.2, 0.25) is 0 Å². The lowest BCUT2D eigenvalue weighted by atomic mass is 9.85. The van der Waals surface area contributed by atoms with Gasteiger partial charge in [-0.1, -0.05) is 51.1 Å². The Bertz CT molecular complexity index is 555. The zero-order valence-corrected chi connectivity index (χ0v) is 17.7. The van der Waals surface area contributed by atoms with Crippen molar-refractivity contribution >= 4 is 8.32 Å². The largest absolute Gasteiger partial charge is 0.412 e. The van der Waals surface area contributed by atoms with E-state index in [1.165, 1.54) is 24.8 Å². The predicted molar refractivity (Wildman–Crippen MR) is 108 cm³/mol. The van der Waals surface area contributed by atoms with Gasteiger partial charge in [0.1, 0.15) is 0 Å². The number of piperazine rings is 1. The third-order valence-corrected chi connectivity index (χ3v) is 11.0. The summed E-state index contributed by atoms with van der Waals surface area (Å²) in [5, 5.41) is 4.09. The zero-order chi connectivity index (χ0) is 18.1. The van der Waals surface area contributed by atoms with Gasteiger partial charge in [0.05, 0.1) is 6.10 Å². The van der Waals surface area contributed by atoms with Crippen molar-refractivity contribution in [1.29, 1.82) is 0 Å². The van der Waals surface area contributed by atoms with Crippen LogP contribution in [-0.4, -0.2) is 44.5 Å². The van der Waals surface area contributed by atoms with Crippen LogP contribution in [-0.2, 0) is 11.0 Å². The molecule has 1 saturated heterocycles. The van der Waals surface area contributed by atoms with Crippen LogP contribution in [0.5, 0.6) is 0 Å². The van der Waals surface area contributed by atoms with E-state index in [4.69, 9.17) is 4.43 Å². The van der Waals surface area contributed by atoms with E-state index in [-0.39, 0.29) is 5.04 Å². The number of benzene rings is 1. The first kappa shape index (κ1) is 19.1. The molecule has 1 saturated carbocycles. The molecule has 140 valence electrons. The predicted octanol–water partition coefficient (Wildman–Crippen LogP) is 4.40. The third-order valence-electron chi connectivity index (χ3n) is 6.53. The number of nitrogens with one attached hydrogen (secondary N) is 1. The number of hydrogen-bond acceptors (Lipinski definition) is 3. The van der Waals surface area contributed by atoms with E-state index in [1.54, 1.807) is 0 Å². The topological polar surface area (TPSA) is 24.5 Å². The summed E-state index contributed by atoms with van der Waals surface area (Å²) in [5.41, 5.74) is 1.43. The van der Waals surface area contributed by atoms with Gasteiger partial charge >= 0.3 is 0 Å². The summed E-state index contributed by atoms with van der Waals surface area (Å²) < 4.78 is 6.86. The second-order valence-corrected chi connectivity index (χ2v) is 14.1. The molecule has 0 amide bonds. The fourth-order valence-electron chi connectivity index (χ4n) is 4.05. The van der Waals surface area contributed by atoms with E-state index in [2.05, 4.69) is 74.4 Å². The Kier molecular flexibility index (Phi) is 5.74. The quantitative estimate of drug-likeness (QED) is 0.805. The minimum Gasteiger partial charge on any atom is -0.412 e. The highest BCUT2D eigenvalue weighted by atomic mass is 28.4. The van der Waals surface area contributed by atoms with Gasteiger partial charge in [0.25, 0.3) is 0 Å². The Morgan fingerprint density at radius 2 is 1.88 bits per heavy atom. The van der Waals surface area contributed by atoms with Gasteiger partial charge in [0, 0.05) is 31.7 Å². The molecule has 3 rings (SSSR count). The second kappa shape index (κ2) is 7.51. The lowest BCUT2D eigenvalue weighted by molar-refractivity contribution is 0.00484. The maximum atomic E-state index is 6.86. The van der Waals surface area contributed by atoms with Crippen LogP contribution in [0.25, 0.3) is 0 Å². The molecular weight excluding hydrogens is 324 g/mol. The van der Waals surface area contributed by atoms with Crippen molar-refractivity contribution in [3.05, 3.63) is 35.9 Å². The highest BCUT2D eigenvalue weighted by molar-refractivity contribution is 6.74. The molecule has 1 aliphatic carbocycles. The van der Waals surface area contributed by atoms with Crippen molar-refractivity contribution in [3.8, 4) is 0 Å². The van der Waals surface area contributed by atoms with Gasteiger partial charge in [-0.25, -0.2) is 0 Å². The summed E-state index contributed by atoms with van der Waals surface area (Å²) in [6.07, 6.45) is 4.16. The molecule has 3 nitrogen and oxygen atoms in total. The minimum absolute atomic E-state index is 0.276. The molecule has 1 aliphatic heterocycles. The van der Waals surface area contributed by atoms with E-state index >= 15 is 0 Å². The fourth-order valence-corrected chi connectivity index (χ4v) is 5.43. The maximum Gasteiger partial charge on any atom is 0.192 e. The van der Waals surface area contributed by atoms with Crippen LogP contribution in [0.2, 0.25) is 18.1 Å². The van der Waals surface area contributed by atoms with Crippen LogP contribution in [0.15, 0.2) is 30.3 Å². The Labute approximate surface area is 155 Å². The van der Waals surface area contributed by atoms with Gasteiger partial charge < -0.3 is 9.74 Å². The van der Waals surface area contributed by atoms with Crippen molar-refractivity contribution in [2.45, 2.75) is 82.9 Å². The van der Waals surface area contributed by atoms with Crippen molar-refractivity contribution in [1.82, 2.24) is 10.2 Å². The molecule has 3 atom stereocenters. The Morgan fingerprint density at radius 3 is 2.56 bits per heavy atom. The first-order chi connectivity index (χ1) is 11.8. The molecular formula is C21H36N2OSi. The van der Waals surface area contributed by atoms with Crippen molar-refractivity contribution in [3.63, 3.8) is 0 Å². The van der Waals surface area contributed by atoms with Crippen LogP contribution in [0.4, 0.5) is 0 Å². The van der Waals surface area contributed by atoms with Crippen molar-refractivity contribution in [2.24, 2.45) is 0 Å². The summed E-state index contributed by atoms with van der Waals surface area (Å²) in [6, 6.07) is 12.0. The first-order valence-corrected chi connectivity index (χ1v) is 12.9. The average Bonchev–Trinajstić information content (AvgIpc) is 2.55. The SMILES string of the molecule is CC(C)(C)[Si](C)(C)O[C@@H]1CCC[C@@H]2[C@H]1NCCN2Cc1ccccc1. The summed E-state index contributed by atoms with van der Waals surface area (Å²) in [5.74, 6) is 0. The van der Waals surface area contributed by atoms with Gasteiger partial charge in [-0.2, -0.15) is 0 Å². The van der Waals surface area contributed by atoms with Crippen LogP contribution in [0, 0.1) is 0 Å². The third kappa shape index (κ3) is 4.36. The van der Waals surface area contributed by atoms with Gasteiger partial charge in [-0.3, -0.25) is 4.90 Å². The Hall–Kier alpha value is -0.683. The molecule has 0 radical (unpaired) electrons. The van der Waals surface area contributed by atoms with Crippen LogP contribution in [0.1, 0.15) is 45.6 Å². The van der Waals surface area contributed by atoms with Crippen molar-refractivity contribution in [2.75, 3.05) is 13.1 Å². The molecule has 0 unspecified atom stereocenters. The maximum absolute atomic E-state index is 6.86. The number of hydrogen-bond donors (Lipinski definition) is 1. The summed E-state index contributed by atoms with van der Waals surface area (Å²) in [6.45, 7) is 15.1. The molecule has 0 bridgehead atoms. The normalized spacial score (nSPS) is 28.6. The first-order valence-electron chi connectivity index (χ1n) is 9.97. The average molecular weight is 361 g/mol. The number of nitrogens with zero attached hydrogens (tertiary/aromatic N) is 1. The smallest absolute Gasteiger partial charge is 0.192 e. The van der Waals surface area contributed by atoms with Crippen LogP contribution >= 0.6 is 0 Å². The number of rotatable bonds is 4. The molecule has 25 heavy (non-hydrogen) atoms. The molecule has 1 N–H and O–H groups in total. The minimum atomic E-state index is -1.72. The molecule has 1 heterocycles. The van der Waals surface area contributed by atoms with Crippen LogP contribution in [0.3, 0.4) is 0 Å². The lowest BCUT2D eigenvalue weighted by Gasteiger charge is -2.50. The molecule has 1 aromatic carbocycles. The lowest BCUT2D eigenvalue weighted by Crippen LogP contribution is -2.65. The Balaban J connectivity index is 1.71. The monoisotopic (exact) mass is 360 g/mol. The summed E-state index contributed by atoms with van der Waals surface area (Å²) in [7, 11) is -1.72. The Morgan fingerprint density at radius 1 is 1.16 bits per heavy atom. The van der Waals surface area contributed by atoms with Crippen molar-refractivity contribution < 1.29 is 4.43 Å². The highest BCUT2D eigenvalue weighted by Gasteiger charge is 2.45. The number of fused-ring (bicyclic) bond motifs is 1. The van der Waals surface area contributed by atoms with E-state index in [1.807, 2.05) is 0 Å². The van der Waals surface area contributed by atoms with Gasteiger partial charge in [-0.15, -0.1) is 0 Å². The molecule has 2 aliphatic rings. The van der Waals surface area contributed by atoms with E-state index < -0.39 is 8.32 Å². The molecule has 0 aromatic heterocycles. The zero-order valence-electron chi connectivity index (χ0n) is 16.7. The van der Waals surface area contributed by atoms with E-state index in [9.17, 15) is 0 Å². The second-order valence-electron chi connectivity index (χ2n) is 9.35. The van der Waals surface area contributed by atoms with Crippen LogP contribution < -0.4 is 5.32 Å². The molecule has 2 fully saturated rings. The fraction of sp³-hybridized carbons (Fsp3) is 0.714. The highest BCUT2D eigenvalue weighted by Crippen LogP contribution is 2.40. The summed E-state index contributed by atoms with van der Waals surface area (Å²) >= 11 is 0. The molecule has 0 spiro atoms. The standard InChI is InChI=1S/C21H36N2OSi/c1-21(2,3)25(4,5)24-19-13-9-12-18-20(19)22-14-15-23(18)16-17-10-7-6-8-11-17/h6-8,10-11,18-20,22H,9,12-16H2,1-5H3/t18-,19-,20-/m1/s1. The molecule has 4 heteroatoms. The summed E-state index contributed by atoms with van der Waals surface area (Å²) in [4.78, 5) is 2.69. The van der Waals surface area contributed by atoms with E-state index in [0.717, 1.165) is 19.6 Å². The van der Waals surface area contributed by atoms with Gasteiger partial charge in [-0.05, 0) is 43.0 Å².